The van der Waals surface area contributed by atoms with E-state index >= 15 is 0 Å². The highest BCUT2D eigenvalue weighted by molar-refractivity contribution is 7.90. The number of hydrogen-bond acceptors (Lipinski definition) is 5. The third kappa shape index (κ3) is 5.08. The van der Waals surface area contributed by atoms with Crippen LogP contribution in [0.4, 0.5) is 14.5 Å². The molecule has 0 saturated carbocycles. The van der Waals surface area contributed by atoms with Gasteiger partial charge in [0.2, 0.25) is 0 Å². The Bertz CT molecular complexity index is 911. The molecule has 0 aliphatic heterocycles. The van der Waals surface area contributed by atoms with E-state index in [-0.39, 0.29) is 16.1 Å². The summed E-state index contributed by atoms with van der Waals surface area (Å²) in [6, 6.07) is 7.47. The van der Waals surface area contributed by atoms with Gasteiger partial charge in [0.25, 0.3) is 5.91 Å². The van der Waals surface area contributed by atoms with Gasteiger partial charge >= 0.3 is 5.97 Å². The molecule has 1 N–H and O–H groups in total. The highest BCUT2D eigenvalue weighted by Crippen LogP contribution is 2.15. The number of ether oxygens (including phenoxy) is 1. The molecule has 0 heterocycles. The molecule has 25 heavy (non-hydrogen) atoms. The van der Waals surface area contributed by atoms with E-state index in [1.807, 2.05) is 0 Å². The van der Waals surface area contributed by atoms with Gasteiger partial charge in [-0.25, -0.2) is 22.0 Å². The van der Waals surface area contributed by atoms with Gasteiger partial charge in [-0.2, -0.15) is 0 Å². The monoisotopic (exact) mass is 369 g/mol. The molecule has 2 aromatic rings. The van der Waals surface area contributed by atoms with Gasteiger partial charge in [0.15, 0.2) is 16.4 Å². The molecule has 0 aliphatic carbocycles. The second-order valence-corrected chi connectivity index (χ2v) is 7.06. The predicted octanol–water partition coefficient (Wildman–Crippen LogP) is 2.16. The number of carbonyl (C=O) groups excluding carboxylic acids is 2. The van der Waals surface area contributed by atoms with Gasteiger partial charge in [0.05, 0.1) is 16.1 Å². The van der Waals surface area contributed by atoms with Crippen LogP contribution in [0, 0.1) is 11.6 Å². The van der Waals surface area contributed by atoms with Gasteiger partial charge in [0, 0.05) is 12.3 Å². The quantitative estimate of drug-likeness (QED) is 0.816. The number of sulfone groups is 1. The summed E-state index contributed by atoms with van der Waals surface area (Å²) >= 11 is 0. The van der Waals surface area contributed by atoms with Gasteiger partial charge in [-0.05, 0) is 36.4 Å². The second-order valence-electron chi connectivity index (χ2n) is 5.05. The highest BCUT2D eigenvalue weighted by atomic mass is 32.2. The van der Waals surface area contributed by atoms with Crippen molar-refractivity contribution >= 4 is 27.4 Å². The summed E-state index contributed by atoms with van der Waals surface area (Å²) in [6.07, 6.45) is 1.02. The minimum Gasteiger partial charge on any atom is -0.452 e. The summed E-state index contributed by atoms with van der Waals surface area (Å²) in [5, 5.41) is 2.08. The first-order valence-electron chi connectivity index (χ1n) is 6.89. The van der Waals surface area contributed by atoms with Gasteiger partial charge in [-0.15, -0.1) is 0 Å². The van der Waals surface area contributed by atoms with E-state index in [1.54, 1.807) is 0 Å². The third-order valence-corrected chi connectivity index (χ3v) is 4.18. The Balaban J connectivity index is 1.95. The molecule has 0 aliphatic rings. The normalized spacial score (nSPS) is 11.0. The van der Waals surface area contributed by atoms with Gasteiger partial charge in [0.1, 0.15) is 11.6 Å². The van der Waals surface area contributed by atoms with Crippen LogP contribution in [0.5, 0.6) is 0 Å². The predicted molar refractivity (Wildman–Crippen MR) is 84.8 cm³/mol. The first kappa shape index (κ1) is 18.5. The number of benzene rings is 2. The third-order valence-electron chi connectivity index (χ3n) is 3.06. The van der Waals surface area contributed by atoms with E-state index in [0.29, 0.717) is 0 Å². The first-order chi connectivity index (χ1) is 11.7. The van der Waals surface area contributed by atoms with Crippen LogP contribution in [-0.4, -0.2) is 33.2 Å². The average molecular weight is 369 g/mol. The van der Waals surface area contributed by atoms with Crippen LogP contribution in [-0.2, 0) is 19.4 Å². The lowest BCUT2D eigenvalue weighted by Gasteiger charge is -2.08. The minimum atomic E-state index is -3.40. The topological polar surface area (TPSA) is 89.5 Å². The van der Waals surface area contributed by atoms with Crippen molar-refractivity contribution in [3.05, 3.63) is 59.7 Å². The van der Waals surface area contributed by atoms with Crippen molar-refractivity contribution in [2.24, 2.45) is 0 Å². The van der Waals surface area contributed by atoms with Crippen LogP contribution in [0.3, 0.4) is 0 Å². The minimum absolute atomic E-state index is 0.0309. The Labute approximate surface area is 142 Å². The number of carbonyl (C=O) groups is 2. The largest absolute Gasteiger partial charge is 0.452 e. The van der Waals surface area contributed by atoms with Crippen molar-refractivity contribution in [1.29, 1.82) is 0 Å². The van der Waals surface area contributed by atoms with Crippen LogP contribution in [0.25, 0.3) is 0 Å². The maximum Gasteiger partial charge on any atom is 0.338 e. The van der Waals surface area contributed by atoms with Crippen LogP contribution in [0.2, 0.25) is 0 Å². The molecular weight excluding hydrogens is 356 g/mol. The fourth-order valence-electron chi connectivity index (χ4n) is 1.83. The van der Waals surface area contributed by atoms with E-state index < -0.39 is 40.0 Å². The van der Waals surface area contributed by atoms with E-state index in [4.69, 9.17) is 4.74 Å². The van der Waals surface area contributed by atoms with E-state index in [2.05, 4.69) is 5.32 Å². The summed E-state index contributed by atoms with van der Waals surface area (Å²) in [5.74, 6) is -3.29. The molecule has 0 aromatic heterocycles. The van der Waals surface area contributed by atoms with Gasteiger partial charge in [-0.1, -0.05) is 0 Å². The number of esters is 1. The lowest BCUT2D eigenvalue weighted by atomic mass is 10.2. The van der Waals surface area contributed by atoms with Crippen LogP contribution >= 0.6 is 0 Å². The molecule has 0 unspecified atom stereocenters. The fraction of sp³-hybridized carbons (Fsp3) is 0.125. The zero-order valence-corrected chi connectivity index (χ0v) is 13.8. The number of hydrogen-bond donors (Lipinski definition) is 1. The van der Waals surface area contributed by atoms with Crippen molar-refractivity contribution in [1.82, 2.24) is 0 Å². The molecule has 132 valence electrons. The molecule has 0 fully saturated rings. The summed E-state index contributed by atoms with van der Waals surface area (Å²) in [7, 11) is -3.40. The molecule has 0 spiro atoms. The molecular formula is C16H13F2NO5S. The molecule has 9 heteroatoms. The Hall–Kier alpha value is -2.81. The van der Waals surface area contributed by atoms with Crippen molar-refractivity contribution in [2.75, 3.05) is 18.2 Å². The fourth-order valence-corrected chi connectivity index (χ4v) is 2.46. The SMILES string of the molecule is CS(=O)(=O)c1ccc(C(=O)OCC(=O)Nc2cc(F)ccc2F)cc1. The molecule has 1 amide bonds. The maximum atomic E-state index is 13.4. The Morgan fingerprint density at radius 1 is 1.08 bits per heavy atom. The Morgan fingerprint density at radius 3 is 2.32 bits per heavy atom. The second kappa shape index (κ2) is 7.39. The number of halogens is 2. The van der Waals surface area contributed by atoms with Crippen molar-refractivity contribution in [2.45, 2.75) is 4.90 Å². The molecule has 2 aromatic carbocycles. The van der Waals surface area contributed by atoms with E-state index in [9.17, 15) is 26.8 Å². The van der Waals surface area contributed by atoms with E-state index in [0.717, 1.165) is 24.5 Å². The van der Waals surface area contributed by atoms with Crippen LogP contribution in [0.15, 0.2) is 47.4 Å². The van der Waals surface area contributed by atoms with Gasteiger partial charge < -0.3 is 10.1 Å². The first-order valence-corrected chi connectivity index (χ1v) is 8.78. The van der Waals surface area contributed by atoms with E-state index in [1.165, 1.54) is 24.3 Å². The molecule has 0 atom stereocenters. The number of amides is 1. The summed E-state index contributed by atoms with van der Waals surface area (Å²) in [5.41, 5.74) is -0.337. The molecule has 0 bridgehead atoms. The smallest absolute Gasteiger partial charge is 0.338 e. The molecule has 0 radical (unpaired) electrons. The van der Waals surface area contributed by atoms with Crippen molar-refractivity contribution in [3.8, 4) is 0 Å². The number of nitrogens with one attached hydrogen (secondary N) is 1. The lowest BCUT2D eigenvalue weighted by Crippen LogP contribution is -2.21. The molecule has 2 rings (SSSR count). The Kier molecular flexibility index (Phi) is 5.48. The highest BCUT2D eigenvalue weighted by Gasteiger charge is 2.14. The van der Waals surface area contributed by atoms with Crippen LogP contribution in [0.1, 0.15) is 10.4 Å². The summed E-state index contributed by atoms with van der Waals surface area (Å²) < 4.78 is 53.8. The van der Waals surface area contributed by atoms with Gasteiger partial charge in [-0.3, -0.25) is 4.79 Å². The van der Waals surface area contributed by atoms with Crippen LogP contribution < -0.4 is 5.32 Å². The average Bonchev–Trinajstić information content (AvgIpc) is 2.55. The number of rotatable bonds is 5. The zero-order chi connectivity index (χ0) is 18.6. The number of anilines is 1. The molecule has 6 nitrogen and oxygen atoms in total. The van der Waals surface area contributed by atoms with Crippen molar-refractivity contribution in [3.63, 3.8) is 0 Å². The molecule has 0 saturated heterocycles. The summed E-state index contributed by atoms with van der Waals surface area (Å²) in [6.45, 7) is -0.720. The standard InChI is InChI=1S/C16H13F2NO5S/c1-25(22,23)12-5-2-10(3-6-12)16(21)24-9-15(20)19-14-8-11(17)4-7-13(14)18/h2-8H,9H2,1H3,(H,19,20). The summed E-state index contributed by atoms with van der Waals surface area (Å²) in [4.78, 5) is 23.5. The van der Waals surface area contributed by atoms with Crippen molar-refractivity contribution < 1.29 is 31.5 Å². The lowest BCUT2D eigenvalue weighted by molar-refractivity contribution is -0.119. The Morgan fingerprint density at radius 2 is 1.72 bits per heavy atom. The maximum absolute atomic E-state index is 13.4. The zero-order valence-electron chi connectivity index (χ0n) is 13.0.